The predicted octanol–water partition coefficient (Wildman–Crippen LogP) is 2.00. The van der Waals surface area contributed by atoms with Gasteiger partial charge in [0.05, 0.1) is 0 Å². The number of amides is 1. The maximum absolute atomic E-state index is 11.8. The minimum Gasteiger partial charge on any atom is -0.444 e. The lowest BCUT2D eigenvalue weighted by Gasteiger charge is -2.53. The molecule has 4 heteroatoms. The van der Waals surface area contributed by atoms with E-state index >= 15 is 0 Å². The van der Waals surface area contributed by atoms with Crippen molar-refractivity contribution in [3.8, 4) is 0 Å². The molecule has 2 saturated heterocycles. The Labute approximate surface area is 104 Å². The molecule has 1 amide bonds. The Hall–Kier alpha value is -0.770. The van der Waals surface area contributed by atoms with Crippen molar-refractivity contribution in [1.82, 2.24) is 10.2 Å². The molecule has 0 aromatic carbocycles. The highest BCUT2D eigenvalue weighted by molar-refractivity contribution is 5.69. The van der Waals surface area contributed by atoms with E-state index in [9.17, 15) is 4.79 Å². The summed E-state index contributed by atoms with van der Waals surface area (Å²) in [5.41, 5.74) is -0.0250. The van der Waals surface area contributed by atoms with E-state index in [1.807, 2.05) is 25.7 Å². The summed E-state index contributed by atoms with van der Waals surface area (Å²) < 4.78 is 5.37. The number of ether oxygens (including phenoxy) is 1. The first-order chi connectivity index (χ1) is 7.80. The Bertz CT molecular complexity index is 303. The van der Waals surface area contributed by atoms with Crippen LogP contribution in [0, 0.1) is 5.41 Å². The van der Waals surface area contributed by atoms with Crippen molar-refractivity contribution in [3.05, 3.63) is 0 Å². The number of likely N-dealkylation sites (tertiary alicyclic amines) is 1. The molecule has 2 aliphatic heterocycles. The van der Waals surface area contributed by atoms with Crippen molar-refractivity contribution < 1.29 is 9.53 Å². The molecule has 17 heavy (non-hydrogen) atoms. The van der Waals surface area contributed by atoms with Crippen LogP contribution in [-0.4, -0.2) is 42.3 Å². The van der Waals surface area contributed by atoms with Gasteiger partial charge in [-0.05, 0) is 47.1 Å². The maximum Gasteiger partial charge on any atom is 0.410 e. The molecule has 0 aliphatic carbocycles. The van der Waals surface area contributed by atoms with Gasteiger partial charge < -0.3 is 15.0 Å². The lowest BCUT2D eigenvalue weighted by Crippen LogP contribution is -2.63. The number of piperidine rings is 1. The number of rotatable bonds is 0. The first kappa shape index (κ1) is 12.7. The Morgan fingerprint density at radius 2 is 2.06 bits per heavy atom. The fraction of sp³-hybridized carbons (Fsp3) is 0.923. The van der Waals surface area contributed by atoms with Crippen molar-refractivity contribution in [2.24, 2.45) is 5.41 Å². The fourth-order valence-electron chi connectivity index (χ4n) is 2.91. The number of hydrogen-bond donors (Lipinski definition) is 1. The molecular formula is C13H24N2O2. The third-order valence-corrected chi connectivity index (χ3v) is 3.59. The highest BCUT2D eigenvalue weighted by Gasteiger charge is 2.47. The van der Waals surface area contributed by atoms with Gasteiger partial charge >= 0.3 is 6.09 Å². The molecule has 98 valence electrons. The molecule has 0 bridgehead atoms. The summed E-state index contributed by atoms with van der Waals surface area (Å²) in [6.07, 6.45) is 2.19. The van der Waals surface area contributed by atoms with E-state index in [2.05, 4.69) is 12.2 Å². The van der Waals surface area contributed by atoms with Gasteiger partial charge in [-0.3, -0.25) is 0 Å². The van der Waals surface area contributed by atoms with Crippen LogP contribution in [0.25, 0.3) is 0 Å². The zero-order valence-electron chi connectivity index (χ0n) is 11.4. The number of nitrogens with one attached hydrogen (secondary N) is 1. The second-order valence-corrected chi connectivity index (χ2v) is 6.65. The van der Waals surface area contributed by atoms with E-state index in [4.69, 9.17) is 4.74 Å². The highest BCUT2D eigenvalue weighted by Crippen LogP contribution is 2.40. The van der Waals surface area contributed by atoms with Crippen LogP contribution in [0.2, 0.25) is 0 Å². The molecule has 1 atom stereocenters. The van der Waals surface area contributed by atoms with Crippen LogP contribution in [0.5, 0.6) is 0 Å². The molecule has 2 aliphatic rings. The lowest BCUT2D eigenvalue weighted by atomic mass is 9.70. The molecule has 4 nitrogen and oxygen atoms in total. The van der Waals surface area contributed by atoms with Crippen molar-refractivity contribution >= 4 is 6.09 Å². The van der Waals surface area contributed by atoms with Gasteiger partial charge in [-0.25, -0.2) is 4.79 Å². The van der Waals surface area contributed by atoms with Crippen molar-refractivity contribution in [2.75, 3.05) is 19.6 Å². The van der Waals surface area contributed by atoms with Crippen molar-refractivity contribution in [3.63, 3.8) is 0 Å². The van der Waals surface area contributed by atoms with Gasteiger partial charge in [0.15, 0.2) is 0 Å². The van der Waals surface area contributed by atoms with E-state index in [1.165, 1.54) is 12.8 Å². The van der Waals surface area contributed by atoms with Crippen LogP contribution in [-0.2, 0) is 4.74 Å². The molecular weight excluding hydrogens is 216 g/mol. The zero-order chi connectivity index (χ0) is 12.7. The third kappa shape index (κ3) is 2.92. The Morgan fingerprint density at radius 1 is 1.41 bits per heavy atom. The van der Waals surface area contributed by atoms with Crippen LogP contribution in [0.15, 0.2) is 0 Å². The minimum atomic E-state index is -0.388. The summed E-state index contributed by atoms with van der Waals surface area (Å²) in [6, 6.07) is 0.574. The van der Waals surface area contributed by atoms with Crippen LogP contribution in [0.1, 0.15) is 40.5 Å². The Kier molecular flexibility index (Phi) is 3.10. The van der Waals surface area contributed by atoms with E-state index in [0.29, 0.717) is 11.5 Å². The van der Waals surface area contributed by atoms with Gasteiger partial charge in [0.25, 0.3) is 0 Å². The molecule has 1 spiro atoms. The second-order valence-electron chi connectivity index (χ2n) is 6.65. The van der Waals surface area contributed by atoms with Gasteiger partial charge in [0.1, 0.15) is 5.60 Å². The summed E-state index contributed by atoms with van der Waals surface area (Å²) in [4.78, 5) is 13.7. The maximum atomic E-state index is 11.8. The monoisotopic (exact) mass is 240 g/mol. The summed E-state index contributed by atoms with van der Waals surface area (Å²) in [6.45, 7) is 10.8. The lowest BCUT2D eigenvalue weighted by molar-refractivity contribution is -0.0510. The first-order valence-corrected chi connectivity index (χ1v) is 6.51. The smallest absolute Gasteiger partial charge is 0.410 e. The summed E-state index contributed by atoms with van der Waals surface area (Å²) in [7, 11) is 0. The largest absolute Gasteiger partial charge is 0.444 e. The van der Waals surface area contributed by atoms with E-state index in [0.717, 1.165) is 19.6 Å². The molecule has 0 saturated carbocycles. The standard InChI is InChI=1S/C13H24N2O2/c1-10-7-13(5-6-14-10)8-15(9-13)11(16)17-12(2,3)4/h10,14H,5-9H2,1-4H3/t10-/m1/s1. The van der Waals surface area contributed by atoms with Crippen LogP contribution in [0.4, 0.5) is 4.79 Å². The summed E-state index contributed by atoms with van der Waals surface area (Å²) in [5, 5.41) is 3.45. The van der Waals surface area contributed by atoms with Crippen LogP contribution in [0.3, 0.4) is 0 Å². The molecule has 2 heterocycles. The SMILES string of the molecule is C[C@@H]1CC2(CCN1)CN(C(=O)OC(C)(C)C)C2. The average Bonchev–Trinajstić information content (AvgIpc) is 2.10. The molecule has 0 radical (unpaired) electrons. The second kappa shape index (κ2) is 4.16. The van der Waals surface area contributed by atoms with E-state index in [1.54, 1.807) is 0 Å². The van der Waals surface area contributed by atoms with Gasteiger partial charge in [0.2, 0.25) is 0 Å². The molecule has 0 aromatic rings. The quantitative estimate of drug-likeness (QED) is 0.704. The fourth-order valence-corrected chi connectivity index (χ4v) is 2.91. The van der Waals surface area contributed by atoms with E-state index in [-0.39, 0.29) is 11.7 Å². The number of carbonyl (C=O) groups excluding carboxylic acids is 1. The topological polar surface area (TPSA) is 41.6 Å². The number of hydrogen-bond acceptors (Lipinski definition) is 3. The zero-order valence-corrected chi connectivity index (χ0v) is 11.4. The summed E-state index contributed by atoms with van der Waals surface area (Å²) >= 11 is 0. The van der Waals surface area contributed by atoms with Gasteiger partial charge in [-0.15, -0.1) is 0 Å². The predicted molar refractivity (Wildman–Crippen MR) is 66.9 cm³/mol. The number of nitrogens with zero attached hydrogens (tertiary/aromatic N) is 1. The average molecular weight is 240 g/mol. The van der Waals surface area contributed by atoms with Crippen LogP contribution >= 0.6 is 0 Å². The van der Waals surface area contributed by atoms with Crippen LogP contribution < -0.4 is 5.32 Å². The van der Waals surface area contributed by atoms with E-state index < -0.39 is 0 Å². The third-order valence-electron chi connectivity index (χ3n) is 3.59. The van der Waals surface area contributed by atoms with Gasteiger partial charge in [-0.2, -0.15) is 0 Å². The molecule has 1 N–H and O–H groups in total. The molecule has 0 aromatic heterocycles. The highest BCUT2D eigenvalue weighted by atomic mass is 16.6. The first-order valence-electron chi connectivity index (χ1n) is 6.51. The summed E-state index contributed by atoms with van der Waals surface area (Å²) in [5.74, 6) is 0. The normalized spacial score (nSPS) is 27.8. The Morgan fingerprint density at radius 3 is 2.59 bits per heavy atom. The van der Waals surface area contributed by atoms with Gasteiger partial charge in [-0.1, -0.05) is 0 Å². The van der Waals surface area contributed by atoms with Crippen molar-refractivity contribution in [2.45, 2.75) is 52.2 Å². The molecule has 2 fully saturated rings. The van der Waals surface area contributed by atoms with Gasteiger partial charge in [0, 0.05) is 24.5 Å². The number of carbonyl (C=O) groups is 1. The van der Waals surface area contributed by atoms with Crippen molar-refractivity contribution in [1.29, 1.82) is 0 Å². The molecule has 2 rings (SSSR count). The minimum absolute atomic E-state index is 0.158. The Balaban J connectivity index is 1.83. The molecule has 0 unspecified atom stereocenters.